The lowest BCUT2D eigenvalue weighted by Gasteiger charge is -2.37. The van der Waals surface area contributed by atoms with Crippen molar-refractivity contribution >= 4 is 11.6 Å². The molecule has 1 rings (SSSR count). The second kappa shape index (κ2) is 3.87. The van der Waals surface area contributed by atoms with Crippen LogP contribution in [0.15, 0.2) is 0 Å². The molecule has 1 aliphatic heterocycles. The predicted molar refractivity (Wildman–Crippen MR) is 39.6 cm³/mol. The van der Waals surface area contributed by atoms with E-state index >= 15 is 0 Å². The van der Waals surface area contributed by atoms with E-state index in [1.54, 1.807) is 0 Å². The highest BCUT2D eigenvalue weighted by atomic mass is 35.5. The Bertz CT molecular complexity index is 150. The summed E-state index contributed by atoms with van der Waals surface area (Å²) in [6.07, 6.45) is -4.95. The molecule has 0 bridgehead atoms. The number of aliphatic hydroxyl groups excluding tert-OH is 4. The largest absolute Gasteiger partial charge is 0.394 e. The van der Waals surface area contributed by atoms with Crippen molar-refractivity contribution in [2.24, 2.45) is 0 Å². The van der Waals surface area contributed by atoms with Gasteiger partial charge in [0.15, 0.2) is 5.56 Å². The lowest BCUT2D eigenvalue weighted by atomic mass is 10.0. The fourth-order valence-electron chi connectivity index (χ4n) is 1.06. The molecule has 5 nitrogen and oxygen atoms in total. The van der Waals surface area contributed by atoms with E-state index in [1.807, 2.05) is 0 Å². The summed E-state index contributed by atoms with van der Waals surface area (Å²) in [4.78, 5) is 0. The van der Waals surface area contributed by atoms with Crippen LogP contribution in [0.5, 0.6) is 0 Å². The predicted octanol–water partition coefficient (Wildman–Crippen LogP) is -1.97. The van der Waals surface area contributed by atoms with E-state index in [1.165, 1.54) is 0 Å². The van der Waals surface area contributed by atoms with Gasteiger partial charge in [0.1, 0.15) is 24.4 Å². The van der Waals surface area contributed by atoms with E-state index in [-0.39, 0.29) is 0 Å². The molecule has 0 aliphatic carbocycles. The quantitative estimate of drug-likeness (QED) is 0.367. The fourth-order valence-corrected chi connectivity index (χ4v) is 1.34. The minimum atomic E-state index is -1.38. The molecule has 0 saturated carbocycles. The summed E-state index contributed by atoms with van der Waals surface area (Å²) in [5, 5.41) is 36.0. The number of alkyl halides is 1. The van der Waals surface area contributed by atoms with E-state index in [9.17, 15) is 5.11 Å². The van der Waals surface area contributed by atoms with Crippen molar-refractivity contribution in [2.75, 3.05) is 6.61 Å². The lowest BCUT2D eigenvalue weighted by molar-refractivity contribution is -0.207. The molecule has 0 aromatic heterocycles. The Hall–Kier alpha value is 0.0900. The van der Waals surface area contributed by atoms with Gasteiger partial charge in [-0.2, -0.15) is 0 Å². The SMILES string of the molecule is OCC1OC(Cl)C(O)C(O)C1O. The number of halogens is 1. The second-order valence-electron chi connectivity index (χ2n) is 2.68. The fraction of sp³-hybridized carbons (Fsp3) is 1.00. The smallest absolute Gasteiger partial charge is 0.160 e. The van der Waals surface area contributed by atoms with Crippen LogP contribution in [0.4, 0.5) is 0 Å². The Balaban J connectivity index is 2.63. The number of aliphatic hydroxyl groups is 4. The maximum Gasteiger partial charge on any atom is 0.160 e. The number of hydrogen-bond acceptors (Lipinski definition) is 5. The van der Waals surface area contributed by atoms with Gasteiger partial charge in [0, 0.05) is 0 Å². The van der Waals surface area contributed by atoms with Gasteiger partial charge >= 0.3 is 0 Å². The van der Waals surface area contributed by atoms with E-state index in [2.05, 4.69) is 0 Å². The van der Waals surface area contributed by atoms with Gasteiger partial charge in [0.25, 0.3) is 0 Å². The van der Waals surface area contributed by atoms with Crippen molar-refractivity contribution in [3.63, 3.8) is 0 Å². The molecule has 1 fully saturated rings. The number of ether oxygens (including phenoxy) is 1. The highest BCUT2D eigenvalue weighted by molar-refractivity contribution is 6.20. The summed E-state index contributed by atoms with van der Waals surface area (Å²) in [5.41, 5.74) is -1.10. The maximum atomic E-state index is 9.17. The molecule has 5 atom stereocenters. The molecule has 72 valence electrons. The topological polar surface area (TPSA) is 90.2 Å². The van der Waals surface area contributed by atoms with Gasteiger partial charge in [0.2, 0.25) is 0 Å². The van der Waals surface area contributed by atoms with Crippen LogP contribution in [0, 0.1) is 0 Å². The zero-order valence-corrected chi connectivity index (χ0v) is 6.92. The average molecular weight is 199 g/mol. The van der Waals surface area contributed by atoms with Crippen LogP contribution in [0.1, 0.15) is 0 Å². The third kappa shape index (κ3) is 1.71. The Labute approximate surface area is 74.2 Å². The van der Waals surface area contributed by atoms with E-state index < -0.39 is 36.6 Å². The molecule has 0 aromatic rings. The van der Waals surface area contributed by atoms with Gasteiger partial charge in [-0.05, 0) is 0 Å². The average Bonchev–Trinajstić information content (AvgIpc) is 2.08. The molecule has 12 heavy (non-hydrogen) atoms. The van der Waals surface area contributed by atoms with Crippen LogP contribution in [0.3, 0.4) is 0 Å². The normalized spacial score (nSPS) is 49.2. The summed E-state index contributed by atoms with van der Waals surface area (Å²) in [6.45, 7) is -0.450. The lowest BCUT2D eigenvalue weighted by Crippen LogP contribution is -2.56. The summed E-state index contributed by atoms with van der Waals surface area (Å²) < 4.78 is 4.79. The summed E-state index contributed by atoms with van der Waals surface area (Å²) >= 11 is 5.45. The third-order valence-corrected chi connectivity index (χ3v) is 2.20. The Morgan fingerprint density at radius 1 is 1.08 bits per heavy atom. The van der Waals surface area contributed by atoms with Crippen molar-refractivity contribution in [3.8, 4) is 0 Å². The van der Waals surface area contributed by atoms with E-state index in [0.717, 1.165) is 0 Å². The highest BCUT2D eigenvalue weighted by Crippen LogP contribution is 2.22. The Morgan fingerprint density at radius 3 is 2.17 bits per heavy atom. The molecular weight excluding hydrogens is 188 g/mol. The highest BCUT2D eigenvalue weighted by Gasteiger charge is 2.42. The van der Waals surface area contributed by atoms with Gasteiger partial charge in [-0.3, -0.25) is 0 Å². The van der Waals surface area contributed by atoms with Crippen LogP contribution in [-0.2, 0) is 4.74 Å². The van der Waals surface area contributed by atoms with Crippen LogP contribution in [0.2, 0.25) is 0 Å². The van der Waals surface area contributed by atoms with Crippen LogP contribution >= 0.6 is 11.6 Å². The molecule has 1 saturated heterocycles. The minimum absolute atomic E-state index is 0.450. The first-order valence-corrected chi connectivity index (χ1v) is 3.96. The van der Waals surface area contributed by atoms with Crippen molar-refractivity contribution < 1.29 is 25.2 Å². The van der Waals surface area contributed by atoms with Gasteiger partial charge in [-0.1, -0.05) is 11.6 Å². The van der Waals surface area contributed by atoms with Gasteiger partial charge in [0.05, 0.1) is 6.61 Å². The molecule has 0 amide bonds. The Morgan fingerprint density at radius 2 is 1.67 bits per heavy atom. The first-order valence-electron chi connectivity index (χ1n) is 3.52. The first-order chi connectivity index (χ1) is 5.57. The summed E-state index contributed by atoms with van der Waals surface area (Å²) in [6, 6.07) is 0. The number of hydrogen-bond donors (Lipinski definition) is 4. The standard InChI is InChI=1S/C6H11ClO5/c7-6-5(11)4(10)3(9)2(1-8)12-6/h2-6,8-11H,1H2. The van der Waals surface area contributed by atoms with E-state index in [0.29, 0.717) is 0 Å². The number of rotatable bonds is 1. The van der Waals surface area contributed by atoms with Crippen molar-refractivity contribution in [3.05, 3.63) is 0 Å². The monoisotopic (exact) mass is 198 g/mol. The van der Waals surface area contributed by atoms with Crippen LogP contribution < -0.4 is 0 Å². The van der Waals surface area contributed by atoms with Crippen molar-refractivity contribution in [1.82, 2.24) is 0 Å². The summed E-state index contributed by atoms with van der Waals surface area (Å²) in [7, 11) is 0. The molecular formula is C6H11ClO5. The first kappa shape index (κ1) is 10.2. The van der Waals surface area contributed by atoms with Crippen molar-refractivity contribution in [2.45, 2.75) is 30.0 Å². The molecule has 5 unspecified atom stereocenters. The molecule has 0 radical (unpaired) electrons. The molecule has 0 aromatic carbocycles. The second-order valence-corrected chi connectivity index (χ2v) is 3.11. The summed E-state index contributed by atoms with van der Waals surface area (Å²) in [5.74, 6) is 0. The van der Waals surface area contributed by atoms with Gasteiger partial charge < -0.3 is 25.2 Å². The zero-order valence-electron chi connectivity index (χ0n) is 6.17. The maximum absolute atomic E-state index is 9.17. The molecule has 4 N–H and O–H groups in total. The van der Waals surface area contributed by atoms with E-state index in [4.69, 9.17) is 31.7 Å². The molecule has 1 aliphatic rings. The van der Waals surface area contributed by atoms with Gasteiger partial charge in [-0.15, -0.1) is 0 Å². The molecule has 1 heterocycles. The van der Waals surface area contributed by atoms with Gasteiger partial charge in [-0.25, -0.2) is 0 Å². The zero-order chi connectivity index (χ0) is 9.30. The van der Waals surface area contributed by atoms with Crippen LogP contribution in [0.25, 0.3) is 0 Å². The Kier molecular flexibility index (Phi) is 3.28. The molecule has 0 spiro atoms. The minimum Gasteiger partial charge on any atom is -0.394 e. The third-order valence-electron chi connectivity index (χ3n) is 1.83. The van der Waals surface area contributed by atoms with Crippen LogP contribution in [-0.4, -0.2) is 57.0 Å². The van der Waals surface area contributed by atoms with Crippen molar-refractivity contribution in [1.29, 1.82) is 0 Å². The molecule has 6 heteroatoms.